The van der Waals surface area contributed by atoms with Gasteiger partial charge in [0, 0.05) is 29.7 Å². The van der Waals surface area contributed by atoms with Crippen LogP contribution in [0.5, 0.6) is 11.5 Å². The van der Waals surface area contributed by atoms with Gasteiger partial charge in [-0.3, -0.25) is 4.79 Å². The van der Waals surface area contributed by atoms with Crippen molar-refractivity contribution in [3.05, 3.63) is 71.4 Å². The van der Waals surface area contributed by atoms with Gasteiger partial charge in [0.05, 0.1) is 5.56 Å². The molecule has 0 amide bonds. The molecule has 0 radical (unpaired) electrons. The zero-order chi connectivity index (χ0) is 24.6. The van der Waals surface area contributed by atoms with E-state index in [-0.39, 0.29) is 41.8 Å². The van der Waals surface area contributed by atoms with Gasteiger partial charge in [-0.25, -0.2) is 15.0 Å². The van der Waals surface area contributed by atoms with Gasteiger partial charge in [0.25, 0.3) is 0 Å². The summed E-state index contributed by atoms with van der Waals surface area (Å²) in [4.78, 5) is 36.9. The predicted molar refractivity (Wildman–Crippen MR) is 131 cm³/mol. The number of carbonyl (C=O) groups excluding carboxylic acids is 1. The molecule has 0 atom stereocenters. The lowest BCUT2D eigenvalue weighted by molar-refractivity contribution is -0.150. The first-order valence-electron chi connectivity index (χ1n) is 11.3. The number of esters is 1. The number of nitroso groups, excluding NO2 is 1. The number of hydrogen-bond acceptors (Lipinski definition) is 9. The minimum atomic E-state index is -0.403. The van der Waals surface area contributed by atoms with Gasteiger partial charge in [-0.1, -0.05) is 55.5 Å². The molecule has 0 spiro atoms. The SMILES string of the molecule is CCCC(=O)OCOc1cc(O)c(-c2nc(C3=CCCC=C3)nc(-c3ccccc3)n2)c(N=O)c1. The molecular weight excluding hydrogens is 448 g/mol. The number of ether oxygens (including phenoxy) is 2. The molecule has 0 unspecified atom stereocenters. The lowest BCUT2D eigenvalue weighted by Gasteiger charge is -2.13. The molecule has 178 valence electrons. The molecule has 2 aromatic carbocycles. The van der Waals surface area contributed by atoms with Crippen LogP contribution in [0.15, 0.2) is 65.9 Å². The normalized spacial score (nSPS) is 12.7. The van der Waals surface area contributed by atoms with Gasteiger partial charge in [0.2, 0.25) is 6.79 Å². The Morgan fingerprint density at radius 1 is 1.06 bits per heavy atom. The van der Waals surface area contributed by atoms with Crippen molar-refractivity contribution in [3.8, 4) is 34.3 Å². The minimum Gasteiger partial charge on any atom is -0.507 e. The van der Waals surface area contributed by atoms with E-state index in [1.165, 1.54) is 12.1 Å². The molecule has 0 saturated carbocycles. The number of benzene rings is 2. The molecule has 0 aliphatic heterocycles. The Bertz CT molecular complexity index is 1290. The summed E-state index contributed by atoms with van der Waals surface area (Å²) in [6, 6.07) is 12.0. The van der Waals surface area contributed by atoms with Crippen LogP contribution < -0.4 is 4.74 Å². The van der Waals surface area contributed by atoms with E-state index in [0.29, 0.717) is 18.1 Å². The fourth-order valence-electron chi connectivity index (χ4n) is 3.52. The number of nitrogens with zero attached hydrogens (tertiary/aromatic N) is 4. The molecule has 0 bridgehead atoms. The highest BCUT2D eigenvalue weighted by molar-refractivity contribution is 5.81. The smallest absolute Gasteiger partial charge is 0.308 e. The third-order valence-electron chi connectivity index (χ3n) is 5.21. The largest absolute Gasteiger partial charge is 0.507 e. The standard InChI is InChI=1S/C26H24N4O5/c1-2-9-22(32)35-16-34-19-14-20(30-33)23(21(31)15-19)26-28-24(17-10-5-3-6-11-17)27-25(29-26)18-12-7-4-8-13-18/h3,5-7,10-15,31H,2,4,8-9,16H2,1H3. The Balaban J connectivity index is 1.74. The van der Waals surface area contributed by atoms with Crippen molar-refractivity contribution in [3.63, 3.8) is 0 Å². The second-order valence-electron chi connectivity index (χ2n) is 7.77. The number of phenols is 1. The number of aromatic nitrogens is 3. The van der Waals surface area contributed by atoms with E-state index >= 15 is 0 Å². The molecule has 0 fully saturated rings. The minimum absolute atomic E-state index is 0.0524. The monoisotopic (exact) mass is 472 g/mol. The number of rotatable bonds is 9. The van der Waals surface area contributed by atoms with Crippen molar-refractivity contribution >= 4 is 17.2 Å². The van der Waals surface area contributed by atoms with Crippen LogP contribution in [0.25, 0.3) is 28.3 Å². The highest BCUT2D eigenvalue weighted by atomic mass is 16.7. The Hall–Kier alpha value is -4.40. The molecule has 3 aromatic rings. The molecule has 35 heavy (non-hydrogen) atoms. The molecule has 1 aromatic heterocycles. The summed E-state index contributed by atoms with van der Waals surface area (Å²) in [5.74, 6) is 0.317. The maximum absolute atomic E-state index is 11.7. The van der Waals surface area contributed by atoms with Gasteiger partial charge in [0.15, 0.2) is 17.5 Å². The molecule has 4 rings (SSSR count). The van der Waals surface area contributed by atoms with Crippen molar-refractivity contribution in [1.82, 2.24) is 15.0 Å². The maximum Gasteiger partial charge on any atom is 0.308 e. The van der Waals surface area contributed by atoms with Crippen molar-refractivity contribution in [1.29, 1.82) is 0 Å². The maximum atomic E-state index is 11.7. The van der Waals surface area contributed by atoms with E-state index in [2.05, 4.69) is 20.1 Å². The van der Waals surface area contributed by atoms with E-state index in [9.17, 15) is 14.8 Å². The molecular formula is C26H24N4O5. The number of allylic oxidation sites excluding steroid dienone is 4. The molecule has 1 heterocycles. The second kappa shape index (κ2) is 11.1. The fraction of sp³-hybridized carbons (Fsp3) is 0.231. The van der Waals surface area contributed by atoms with Gasteiger partial charge < -0.3 is 14.6 Å². The van der Waals surface area contributed by atoms with Crippen LogP contribution in [-0.2, 0) is 9.53 Å². The number of hydrogen-bond donors (Lipinski definition) is 1. The number of carbonyl (C=O) groups is 1. The molecule has 9 nitrogen and oxygen atoms in total. The summed E-state index contributed by atoms with van der Waals surface area (Å²) in [6.45, 7) is 1.50. The average molecular weight is 473 g/mol. The second-order valence-corrected chi connectivity index (χ2v) is 7.77. The first-order valence-corrected chi connectivity index (χ1v) is 11.3. The van der Waals surface area contributed by atoms with Gasteiger partial charge in [-0.05, 0) is 24.4 Å². The van der Waals surface area contributed by atoms with E-state index < -0.39 is 5.97 Å². The van der Waals surface area contributed by atoms with Gasteiger partial charge >= 0.3 is 5.97 Å². The summed E-state index contributed by atoms with van der Waals surface area (Å²) >= 11 is 0. The number of phenolic OH excluding ortho intramolecular Hbond substituents is 1. The van der Waals surface area contributed by atoms with E-state index in [1.807, 2.05) is 55.5 Å². The first-order chi connectivity index (χ1) is 17.1. The summed E-state index contributed by atoms with van der Waals surface area (Å²) < 4.78 is 10.3. The highest BCUT2D eigenvalue weighted by Gasteiger charge is 2.21. The number of aromatic hydroxyl groups is 1. The first kappa shape index (κ1) is 23.7. The van der Waals surface area contributed by atoms with Gasteiger partial charge in [-0.2, -0.15) is 0 Å². The Labute approximate surface area is 202 Å². The van der Waals surface area contributed by atoms with E-state index in [4.69, 9.17) is 9.47 Å². The van der Waals surface area contributed by atoms with Crippen LogP contribution >= 0.6 is 0 Å². The van der Waals surface area contributed by atoms with Crippen molar-refractivity contribution in [2.45, 2.75) is 32.6 Å². The molecule has 1 aliphatic rings. The quantitative estimate of drug-likeness (QED) is 0.238. The third-order valence-corrected chi connectivity index (χ3v) is 5.21. The Kier molecular flexibility index (Phi) is 7.57. The topological polar surface area (TPSA) is 124 Å². The van der Waals surface area contributed by atoms with Crippen molar-refractivity contribution in [2.75, 3.05) is 6.79 Å². The Morgan fingerprint density at radius 2 is 1.83 bits per heavy atom. The average Bonchev–Trinajstić information content (AvgIpc) is 2.89. The summed E-state index contributed by atoms with van der Waals surface area (Å²) in [7, 11) is 0. The van der Waals surface area contributed by atoms with Gasteiger partial charge in [-0.15, -0.1) is 4.91 Å². The zero-order valence-electron chi connectivity index (χ0n) is 19.2. The highest BCUT2D eigenvalue weighted by Crippen LogP contribution is 2.40. The van der Waals surface area contributed by atoms with Crippen LogP contribution in [-0.4, -0.2) is 32.8 Å². The van der Waals surface area contributed by atoms with Crippen LogP contribution in [0, 0.1) is 4.91 Å². The van der Waals surface area contributed by atoms with Crippen LogP contribution in [0.4, 0.5) is 5.69 Å². The third kappa shape index (κ3) is 5.75. The van der Waals surface area contributed by atoms with E-state index in [0.717, 1.165) is 24.0 Å². The van der Waals surface area contributed by atoms with Crippen molar-refractivity contribution in [2.24, 2.45) is 5.18 Å². The molecule has 1 N–H and O–H groups in total. The predicted octanol–water partition coefficient (Wildman–Crippen LogP) is 5.72. The van der Waals surface area contributed by atoms with E-state index in [1.54, 1.807) is 0 Å². The molecule has 1 aliphatic carbocycles. The van der Waals surface area contributed by atoms with Crippen molar-refractivity contribution < 1.29 is 19.4 Å². The summed E-state index contributed by atoms with van der Waals surface area (Å²) in [5.41, 5.74) is 1.51. The fourth-order valence-corrected chi connectivity index (χ4v) is 3.52. The summed E-state index contributed by atoms with van der Waals surface area (Å²) in [5, 5.41) is 13.9. The van der Waals surface area contributed by atoms with Crippen LogP contribution in [0.3, 0.4) is 0 Å². The van der Waals surface area contributed by atoms with Gasteiger partial charge in [0.1, 0.15) is 17.2 Å². The van der Waals surface area contributed by atoms with Crippen LogP contribution in [0.2, 0.25) is 0 Å². The molecule has 9 heteroatoms. The lowest BCUT2D eigenvalue weighted by atomic mass is 10.1. The molecule has 0 saturated heterocycles. The summed E-state index contributed by atoms with van der Waals surface area (Å²) in [6.07, 6.45) is 8.72. The van der Waals surface area contributed by atoms with Crippen LogP contribution in [0.1, 0.15) is 38.4 Å². The Morgan fingerprint density at radius 3 is 2.54 bits per heavy atom. The lowest BCUT2D eigenvalue weighted by Crippen LogP contribution is -2.09. The zero-order valence-corrected chi connectivity index (χ0v) is 19.2.